The van der Waals surface area contributed by atoms with Crippen LogP contribution in [0.1, 0.15) is 63.5 Å². The summed E-state index contributed by atoms with van der Waals surface area (Å²) < 4.78 is 7.32. The second-order valence-electron chi connectivity index (χ2n) is 7.67. The maximum absolute atomic E-state index is 12.7. The summed E-state index contributed by atoms with van der Waals surface area (Å²) in [7, 11) is 3.79. The molecular weight excluding hydrogens is 316 g/mol. The first kappa shape index (κ1) is 18.2. The van der Waals surface area contributed by atoms with E-state index >= 15 is 0 Å². The Bertz CT molecular complexity index is 574. The lowest BCUT2D eigenvalue weighted by Gasteiger charge is -2.34. The molecule has 6 nitrogen and oxygen atoms in total. The smallest absolute Gasteiger partial charge is 0.322 e. The second-order valence-corrected chi connectivity index (χ2v) is 7.67. The number of rotatable bonds is 4. The first-order valence-electron chi connectivity index (χ1n) is 9.71. The molecule has 2 fully saturated rings. The molecule has 2 aliphatic rings. The Morgan fingerprint density at radius 2 is 2.08 bits per heavy atom. The van der Waals surface area contributed by atoms with E-state index in [2.05, 4.69) is 17.3 Å². The Balaban J connectivity index is 1.60. The van der Waals surface area contributed by atoms with Crippen molar-refractivity contribution in [1.29, 1.82) is 0 Å². The monoisotopic (exact) mass is 348 g/mol. The first-order chi connectivity index (χ1) is 12.1. The van der Waals surface area contributed by atoms with E-state index in [-0.39, 0.29) is 12.1 Å². The molecule has 3 rings (SSSR count). The van der Waals surface area contributed by atoms with Gasteiger partial charge in [-0.25, -0.2) is 4.79 Å². The van der Waals surface area contributed by atoms with Crippen molar-refractivity contribution in [2.45, 2.75) is 63.8 Å². The van der Waals surface area contributed by atoms with Crippen molar-refractivity contribution in [3.05, 3.63) is 11.8 Å². The average molecular weight is 348 g/mol. The van der Waals surface area contributed by atoms with Crippen LogP contribution in [0, 0.1) is 5.92 Å². The molecule has 1 aliphatic carbocycles. The van der Waals surface area contributed by atoms with E-state index in [1.165, 1.54) is 32.1 Å². The van der Waals surface area contributed by atoms with Gasteiger partial charge in [-0.15, -0.1) is 0 Å². The molecule has 140 valence electrons. The van der Waals surface area contributed by atoms with Gasteiger partial charge in [0.2, 0.25) is 0 Å². The maximum Gasteiger partial charge on any atom is 0.322 e. The highest BCUT2D eigenvalue weighted by atomic mass is 16.5. The summed E-state index contributed by atoms with van der Waals surface area (Å²) in [6, 6.07) is 2.21. The van der Waals surface area contributed by atoms with E-state index in [0.29, 0.717) is 11.8 Å². The van der Waals surface area contributed by atoms with E-state index in [1.54, 1.807) is 4.68 Å². The van der Waals surface area contributed by atoms with Gasteiger partial charge in [0.05, 0.1) is 12.3 Å². The Morgan fingerprint density at radius 3 is 2.76 bits per heavy atom. The molecule has 6 heteroatoms. The molecule has 0 radical (unpaired) electrons. The quantitative estimate of drug-likeness (QED) is 0.901. The summed E-state index contributed by atoms with van der Waals surface area (Å²) in [6.07, 6.45) is 8.56. The van der Waals surface area contributed by atoms with Crippen molar-refractivity contribution in [3.8, 4) is 0 Å². The van der Waals surface area contributed by atoms with Crippen LogP contribution >= 0.6 is 0 Å². The van der Waals surface area contributed by atoms with Crippen LogP contribution in [0.5, 0.6) is 0 Å². The van der Waals surface area contributed by atoms with Gasteiger partial charge in [0.25, 0.3) is 0 Å². The maximum atomic E-state index is 12.7. The number of hydrogen-bond acceptors (Lipinski definition) is 3. The SMILES string of the molecule is CC(C1CCCCC1)N(C)C(=O)Nc1cc(C2CCCOC2)nn1C. The highest BCUT2D eigenvalue weighted by Gasteiger charge is 2.27. The van der Waals surface area contributed by atoms with Crippen LogP contribution in [-0.4, -0.2) is 47.0 Å². The van der Waals surface area contributed by atoms with Crippen LogP contribution < -0.4 is 5.32 Å². The van der Waals surface area contributed by atoms with Crippen molar-refractivity contribution >= 4 is 11.8 Å². The fraction of sp³-hybridized carbons (Fsp3) is 0.789. The molecule has 1 aromatic rings. The Kier molecular flexibility index (Phi) is 5.99. The van der Waals surface area contributed by atoms with Gasteiger partial charge < -0.3 is 9.64 Å². The van der Waals surface area contributed by atoms with E-state index < -0.39 is 0 Å². The minimum absolute atomic E-state index is 0.0486. The van der Waals surface area contributed by atoms with E-state index in [0.717, 1.165) is 37.6 Å². The molecule has 1 saturated carbocycles. The molecular formula is C19H32N4O2. The predicted octanol–water partition coefficient (Wildman–Crippen LogP) is 3.75. The molecule has 1 aromatic heterocycles. The van der Waals surface area contributed by atoms with Crippen LogP contribution in [0.2, 0.25) is 0 Å². The summed E-state index contributed by atoms with van der Waals surface area (Å²) in [5.41, 5.74) is 1.01. The van der Waals surface area contributed by atoms with E-state index in [4.69, 9.17) is 4.74 Å². The minimum Gasteiger partial charge on any atom is -0.381 e. The third kappa shape index (κ3) is 4.35. The van der Waals surface area contributed by atoms with Gasteiger partial charge in [-0.05, 0) is 38.5 Å². The van der Waals surface area contributed by atoms with Gasteiger partial charge in [-0.1, -0.05) is 19.3 Å². The molecule has 0 spiro atoms. The number of hydrogen-bond donors (Lipinski definition) is 1. The Hall–Kier alpha value is -1.56. The molecule has 1 aliphatic heterocycles. The number of amides is 2. The van der Waals surface area contributed by atoms with Crippen molar-refractivity contribution in [2.75, 3.05) is 25.6 Å². The van der Waals surface area contributed by atoms with Crippen LogP contribution in [0.3, 0.4) is 0 Å². The number of urea groups is 1. The number of nitrogens with zero attached hydrogens (tertiary/aromatic N) is 3. The standard InChI is InChI=1S/C19H32N4O2/c1-14(15-8-5-4-6-9-15)22(2)19(24)20-18-12-17(21-23(18)3)16-10-7-11-25-13-16/h12,14-16H,4-11,13H2,1-3H3,(H,20,24). The number of aromatic nitrogens is 2. The lowest BCUT2D eigenvalue weighted by molar-refractivity contribution is 0.0791. The van der Waals surface area contributed by atoms with Crippen molar-refractivity contribution in [2.24, 2.45) is 13.0 Å². The highest BCUT2D eigenvalue weighted by molar-refractivity contribution is 5.88. The van der Waals surface area contributed by atoms with Gasteiger partial charge in [-0.3, -0.25) is 10.00 Å². The molecule has 2 amide bonds. The van der Waals surface area contributed by atoms with Gasteiger partial charge >= 0.3 is 6.03 Å². The first-order valence-corrected chi connectivity index (χ1v) is 9.71. The molecule has 1 saturated heterocycles. The average Bonchev–Trinajstić information content (AvgIpc) is 3.02. The van der Waals surface area contributed by atoms with E-state index in [1.807, 2.05) is 25.1 Å². The normalized spacial score (nSPS) is 23.2. The number of anilines is 1. The molecule has 25 heavy (non-hydrogen) atoms. The second kappa shape index (κ2) is 8.21. The number of ether oxygens (including phenoxy) is 1. The van der Waals surface area contributed by atoms with Crippen molar-refractivity contribution in [3.63, 3.8) is 0 Å². The van der Waals surface area contributed by atoms with Gasteiger partial charge in [0.15, 0.2) is 0 Å². The minimum atomic E-state index is -0.0486. The fourth-order valence-electron chi connectivity index (χ4n) is 4.10. The van der Waals surface area contributed by atoms with Crippen LogP contribution in [0.15, 0.2) is 6.07 Å². The predicted molar refractivity (Wildman–Crippen MR) is 98.8 cm³/mol. The van der Waals surface area contributed by atoms with Crippen LogP contribution in [0.4, 0.5) is 10.6 Å². The number of carbonyl (C=O) groups excluding carboxylic acids is 1. The Labute approximate surface area is 150 Å². The van der Waals surface area contributed by atoms with Crippen LogP contribution in [-0.2, 0) is 11.8 Å². The highest BCUT2D eigenvalue weighted by Crippen LogP contribution is 2.29. The zero-order chi connectivity index (χ0) is 17.8. The Morgan fingerprint density at radius 1 is 1.32 bits per heavy atom. The number of nitrogens with one attached hydrogen (secondary N) is 1. The summed E-state index contributed by atoms with van der Waals surface area (Å²) in [5.74, 6) is 1.71. The third-order valence-corrected chi connectivity index (χ3v) is 5.98. The molecule has 1 N–H and O–H groups in total. The van der Waals surface area contributed by atoms with Gasteiger partial charge in [-0.2, -0.15) is 5.10 Å². The van der Waals surface area contributed by atoms with Gasteiger partial charge in [0, 0.05) is 38.7 Å². The molecule has 2 heterocycles. The zero-order valence-corrected chi connectivity index (χ0v) is 15.8. The van der Waals surface area contributed by atoms with Crippen molar-refractivity contribution < 1.29 is 9.53 Å². The number of aryl methyl sites for hydroxylation is 1. The lowest BCUT2D eigenvalue weighted by Crippen LogP contribution is -2.43. The van der Waals surface area contributed by atoms with Crippen molar-refractivity contribution in [1.82, 2.24) is 14.7 Å². The summed E-state index contributed by atoms with van der Waals surface area (Å²) in [6.45, 7) is 3.74. The summed E-state index contributed by atoms with van der Waals surface area (Å²) in [4.78, 5) is 14.5. The lowest BCUT2D eigenvalue weighted by atomic mass is 9.84. The fourth-order valence-corrected chi connectivity index (χ4v) is 4.10. The van der Waals surface area contributed by atoms with E-state index in [9.17, 15) is 4.79 Å². The molecule has 2 unspecified atom stereocenters. The van der Waals surface area contributed by atoms with Crippen LogP contribution in [0.25, 0.3) is 0 Å². The molecule has 2 atom stereocenters. The summed E-state index contributed by atoms with van der Waals surface area (Å²) in [5, 5.41) is 7.62. The molecule has 0 bridgehead atoms. The largest absolute Gasteiger partial charge is 0.381 e. The topological polar surface area (TPSA) is 59.4 Å². The van der Waals surface area contributed by atoms with Gasteiger partial charge in [0.1, 0.15) is 5.82 Å². The molecule has 0 aromatic carbocycles. The number of carbonyl (C=O) groups is 1. The summed E-state index contributed by atoms with van der Waals surface area (Å²) >= 11 is 0. The zero-order valence-electron chi connectivity index (χ0n) is 15.8. The third-order valence-electron chi connectivity index (χ3n) is 5.98.